The average molecular weight is 351 g/mol. The van der Waals surface area contributed by atoms with Gasteiger partial charge < -0.3 is 9.80 Å². The molecular formula is C17H22N2O2S2. The largest absolute Gasteiger partial charge is 0.337 e. The van der Waals surface area contributed by atoms with Crippen LogP contribution in [0.15, 0.2) is 30.3 Å². The van der Waals surface area contributed by atoms with Crippen LogP contribution < -0.4 is 0 Å². The van der Waals surface area contributed by atoms with Crippen molar-refractivity contribution in [2.75, 3.05) is 23.8 Å². The zero-order valence-electron chi connectivity index (χ0n) is 13.5. The zero-order valence-corrected chi connectivity index (χ0v) is 15.2. The first kappa shape index (κ1) is 16.7. The van der Waals surface area contributed by atoms with Crippen molar-refractivity contribution in [1.82, 2.24) is 9.80 Å². The van der Waals surface area contributed by atoms with E-state index in [0.29, 0.717) is 24.6 Å². The molecular weight excluding hydrogens is 328 g/mol. The molecule has 23 heavy (non-hydrogen) atoms. The molecule has 0 unspecified atom stereocenters. The number of carbonyl (C=O) groups is 2. The van der Waals surface area contributed by atoms with Crippen LogP contribution in [0.4, 0.5) is 0 Å². The van der Waals surface area contributed by atoms with E-state index in [2.05, 4.69) is 6.92 Å². The van der Waals surface area contributed by atoms with E-state index in [0.717, 1.165) is 11.3 Å². The quantitative estimate of drug-likeness (QED) is 0.836. The number of fused-ring (bicyclic) bond motifs is 1. The smallest absolute Gasteiger partial charge is 0.246 e. The molecule has 0 radical (unpaired) electrons. The van der Waals surface area contributed by atoms with E-state index >= 15 is 0 Å². The third kappa shape index (κ3) is 3.24. The van der Waals surface area contributed by atoms with E-state index < -0.39 is 0 Å². The number of carbonyl (C=O) groups excluding carboxylic acids is 2. The fourth-order valence-electron chi connectivity index (χ4n) is 3.22. The summed E-state index contributed by atoms with van der Waals surface area (Å²) in [6.07, 6.45) is 0. The molecule has 0 bridgehead atoms. The molecule has 1 aromatic carbocycles. The first-order chi connectivity index (χ1) is 11.0. The maximum absolute atomic E-state index is 13.0. The van der Waals surface area contributed by atoms with Gasteiger partial charge in [-0.15, -0.1) is 23.5 Å². The lowest BCUT2D eigenvalue weighted by Gasteiger charge is -2.41. The van der Waals surface area contributed by atoms with Gasteiger partial charge in [-0.3, -0.25) is 9.59 Å². The van der Waals surface area contributed by atoms with Gasteiger partial charge in [-0.2, -0.15) is 0 Å². The van der Waals surface area contributed by atoms with Crippen molar-refractivity contribution in [2.45, 2.75) is 31.3 Å². The van der Waals surface area contributed by atoms with Crippen LogP contribution in [-0.4, -0.2) is 56.3 Å². The van der Waals surface area contributed by atoms with Gasteiger partial charge in [0.25, 0.3) is 0 Å². The summed E-state index contributed by atoms with van der Waals surface area (Å²) in [7, 11) is 0. The highest BCUT2D eigenvalue weighted by atomic mass is 32.2. The highest BCUT2D eigenvalue weighted by Crippen LogP contribution is 2.44. The summed E-state index contributed by atoms with van der Waals surface area (Å²) < 4.78 is 0. The molecule has 124 valence electrons. The van der Waals surface area contributed by atoms with Gasteiger partial charge in [-0.1, -0.05) is 30.3 Å². The molecule has 0 N–H and O–H groups in total. The van der Waals surface area contributed by atoms with Gasteiger partial charge in [-0.25, -0.2) is 0 Å². The second kappa shape index (κ2) is 6.77. The first-order valence-corrected chi connectivity index (χ1v) is 10.1. The van der Waals surface area contributed by atoms with Crippen LogP contribution in [-0.2, 0) is 16.1 Å². The molecule has 2 heterocycles. The minimum Gasteiger partial charge on any atom is -0.337 e. The molecule has 2 fully saturated rings. The van der Waals surface area contributed by atoms with E-state index in [-0.39, 0.29) is 22.7 Å². The van der Waals surface area contributed by atoms with Crippen molar-refractivity contribution in [3.63, 3.8) is 0 Å². The highest BCUT2D eigenvalue weighted by Gasteiger charge is 2.51. The molecule has 0 aromatic heterocycles. The lowest BCUT2D eigenvalue weighted by molar-refractivity contribution is -0.145. The van der Waals surface area contributed by atoms with Gasteiger partial charge in [0.05, 0.1) is 10.6 Å². The van der Waals surface area contributed by atoms with Crippen LogP contribution in [0.25, 0.3) is 0 Å². The van der Waals surface area contributed by atoms with Crippen LogP contribution in [0.1, 0.15) is 19.4 Å². The monoisotopic (exact) mass is 350 g/mol. The lowest BCUT2D eigenvalue weighted by atomic mass is 10.1. The molecule has 4 nitrogen and oxygen atoms in total. The maximum atomic E-state index is 13.0. The van der Waals surface area contributed by atoms with Crippen LogP contribution in [0.5, 0.6) is 0 Å². The van der Waals surface area contributed by atoms with Gasteiger partial charge in [-0.05, 0) is 19.4 Å². The Hall–Kier alpha value is -1.14. The second-order valence-electron chi connectivity index (χ2n) is 6.10. The Balaban J connectivity index is 1.77. The molecule has 1 aromatic rings. The molecule has 6 heteroatoms. The number of rotatable bonds is 4. The standard InChI is InChI=1S/C17H22N2O2S2/c1-3-18(9-13-7-5-4-6-8-13)16(21)14-10-23-17(2)12-22-11-15(20)19(14)17/h4-8,14H,3,9-12H2,1-2H3/t14-,17-/m0/s1. The number of thioether (sulfide) groups is 2. The van der Waals surface area contributed by atoms with Crippen molar-refractivity contribution in [3.05, 3.63) is 35.9 Å². The van der Waals surface area contributed by atoms with E-state index in [4.69, 9.17) is 0 Å². The summed E-state index contributed by atoms with van der Waals surface area (Å²) >= 11 is 3.41. The summed E-state index contributed by atoms with van der Waals surface area (Å²) in [5.74, 6) is 2.27. The minimum atomic E-state index is -0.318. The van der Waals surface area contributed by atoms with Gasteiger partial charge in [0.1, 0.15) is 6.04 Å². The predicted molar refractivity (Wildman–Crippen MR) is 96.4 cm³/mol. The molecule has 2 saturated heterocycles. The minimum absolute atomic E-state index is 0.0767. The van der Waals surface area contributed by atoms with E-state index in [1.807, 2.05) is 47.1 Å². The molecule has 2 atom stereocenters. The summed E-state index contributed by atoms with van der Waals surface area (Å²) in [5.41, 5.74) is 1.12. The Morgan fingerprint density at radius 3 is 2.83 bits per heavy atom. The van der Waals surface area contributed by atoms with Crippen LogP contribution >= 0.6 is 23.5 Å². The first-order valence-electron chi connectivity index (χ1n) is 7.92. The lowest BCUT2D eigenvalue weighted by Crippen LogP contribution is -2.57. The molecule has 3 rings (SSSR count). The fourth-order valence-corrected chi connectivity index (χ4v) is 5.91. The molecule has 2 aliphatic rings. The number of likely N-dealkylation sites (N-methyl/N-ethyl adjacent to an activating group) is 1. The average Bonchev–Trinajstić information content (AvgIpc) is 2.92. The van der Waals surface area contributed by atoms with Gasteiger partial charge in [0.15, 0.2) is 0 Å². The van der Waals surface area contributed by atoms with E-state index in [1.165, 1.54) is 0 Å². The van der Waals surface area contributed by atoms with Crippen molar-refractivity contribution >= 4 is 35.3 Å². The molecule has 0 spiro atoms. The Labute approximate surface area is 146 Å². The summed E-state index contributed by atoms with van der Waals surface area (Å²) in [6, 6.07) is 9.70. The predicted octanol–water partition coefficient (Wildman–Crippen LogP) is 2.44. The fraction of sp³-hybridized carbons (Fsp3) is 0.529. The molecule has 2 aliphatic heterocycles. The normalized spacial score (nSPS) is 27.0. The number of benzene rings is 1. The van der Waals surface area contributed by atoms with Crippen molar-refractivity contribution in [1.29, 1.82) is 0 Å². The third-order valence-electron chi connectivity index (χ3n) is 4.43. The maximum Gasteiger partial charge on any atom is 0.246 e. The SMILES string of the molecule is CCN(Cc1ccccc1)C(=O)[C@@H]1CS[C@@]2(C)CSCC(=O)N12. The van der Waals surface area contributed by atoms with Crippen molar-refractivity contribution in [2.24, 2.45) is 0 Å². The number of hydrogen-bond acceptors (Lipinski definition) is 4. The number of hydrogen-bond donors (Lipinski definition) is 0. The Bertz CT molecular complexity index is 596. The van der Waals surface area contributed by atoms with Gasteiger partial charge in [0.2, 0.25) is 11.8 Å². The van der Waals surface area contributed by atoms with Crippen LogP contribution in [0.2, 0.25) is 0 Å². The Morgan fingerprint density at radius 2 is 2.13 bits per heavy atom. The Kier molecular flexibility index (Phi) is 4.92. The highest BCUT2D eigenvalue weighted by molar-refractivity contribution is 8.04. The summed E-state index contributed by atoms with van der Waals surface area (Å²) in [6.45, 7) is 5.34. The molecule has 0 aliphatic carbocycles. The topological polar surface area (TPSA) is 40.6 Å². The van der Waals surface area contributed by atoms with Crippen LogP contribution in [0.3, 0.4) is 0 Å². The zero-order chi connectivity index (χ0) is 16.4. The Morgan fingerprint density at radius 1 is 1.39 bits per heavy atom. The summed E-state index contributed by atoms with van der Waals surface area (Å²) in [4.78, 5) is 28.9. The van der Waals surface area contributed by atoms with E-state index in [1.54, 1.807) is 23.5 Å². The number of nitrogens with zero attached hydrogens (tertiary/aromatic N) is 2. The van der Waals surface area contributed by atoms with Crippen molar-refractivity contribution < 1.29 is 9.59 Å². The van der Waals surface area contributed by atoms with Gasteiger partial charge in [0, 0.05) is 24.6 Å². The van der Waals surface area contributed by atoms with Crippen molar-refractivity contribution in [3.8, 4) is 0 Å². The van der Waals surface area contributed by atoms with Gasteiger partial charge >= 0.3 is 0 Å². The number of amides is 2. The summed E-state index contributed by atoms with van der Waals surface area (Å²) in [5, 5.41) is 0. The molecule has 2 amide bonds. The molecule has 0 saturated carbocycles. The van der Waals surface area contributed by atoms with Crippen LogP contribution in [0, 0.1) is 0 Å². The van der Waals surface area contributed by atoms with E-state index in [9.17, 15) is 9.59 Å². The second-order valence-corrected chi connectivity index (χ2v) is 8.58. The third-order valence-corrected chi connectivity index (χ3v) is 7.28.